The lowest BCUT2D eigenvalue weighted by Gasteiger charge is -2.37. The number of nitrogens with zero attached hydrogens (tertiary/aromatic N) is 1. The zero-order valence-electron chi connectivity index (χ0n) is 20.6. The van der Waals surface area contributed by atoms with Crippen molar-refractivity contribution in [1.82, 2.24) is 0 Å². The van der Waals surface area contributed by atoms with E-state index in [-0.39, 0.29) is 35.2 Å². The van der Waals surface area contributed by atoms with Crippen molar-refractivity contribution in [3.63, 3.8) is 0 Å². The second-order valence-corrected chi connectivity index (χ2v) is 9.53. The molecule has 1 aliphatic carbocycles. The highest BCUT2D eigenvalue weighted by atomic mass is 16.5. The summed E-state index contributed by atoms with van der Waals surface area (Å²) in [5.41, 5.74) is 7.61. The number of rotatable bonds is 7. The summed E-state index contributed by atoms with van der Waals surface area (Å²) in [5.74, 6) is 0.396. The van der Waals surface area contributed by atoms with Crippen molar-refractivity contribution in [3.8, 4) is 17.6 Å². The molecule has 2 aliphatic rings. The van der Waals surface area contributed by atoms with Gasteiger partial charge in [0.25, 0.3) is 5.91 Å². The molecule has 0 aromatic heterocycles. The number of nitriles is 1. The van der Waals surface area contributed by atoms with Gasteiger partial charge in [0.05, 0.1) is 12.5 Å². The number of anilines is 1. The highest BCUT2D eigenvalue weighted by Gasteiger charge is 2.43. The number of hydrogen-bond acceptors (Lipinski definition) is 7. The molecule has 8 nitrogen and oxygen atoms in total. The second-order valence-electron chi connectivity index (χ2n) is 9.53. The van der Waals surface area contributed by atoms with Gasteiger partial charge in [-0.2, -0.15) is 5.26 Å². The minimum Gasteiger partial charge on any atom is -0.494 e. The average Bonchev–Trinajstić information content (AvgIpc) is 2.83. The second kappa shape index (κ2) is 10.2. The van der Waals surface area contributed by atoms with Crippen molar-refractivity contribution in [2.24, 2.45) is 11.1 Å². The fraction of sp³-hybridized carbons (Fsp3) is 0.321. The van der Waals surface area contributed by atoms with Gasteiger partial charge in [-0.25, -0.2) is 0 Å². The van der Waals surface area contributed by atoms with Crippen molar-refractivity contribution in [1.29, 1.82) is 5.26 Å². The highest BCUT2D eigenvalue weighted by Crippen LogP contribution is 2.49. The lowest BCUT2D eigenvalue weighted by atomic mass is 9.70. The summed E-state index contributed by atoms with van der Waals surface area (Å²) in [6, 6.07) is 16.2. The summed E-state index contributed by atoms with van der Waals surface area (Å²) in [5, 5.41) is 12.7. The largest absolute Gasteiger partial charge is 0.494 e. The van der Waals surface area contributed by atoms with E-state index in [1.165, 1.54) is 0 Å². The smallest absolute Gasteiger partial charge is 0.262 e. The Morgan fingerprint density at radius 3 is 2.58 bits per heavy atom. The number of ether oxygens (including phenoxy) is 3. The Morgan fingerprint density at radius 2 is 1.89 bits per heavy atom. The molecule has 1 atom stereocenters. The lowest BCUT2D eigenvalue weighted by Crippen LogP contribution is -2.33. The minimum absolute atomic E-state index is 0.0187. The molecule has 1 aliphatic heterocycles. The van der Waals surface area contributed by atoms with Gasteiger partial charge in [0.2, 0.25) is 5.88 Å². The average molecular weight is 488 g/mol. The van der Waals surface area contributed by atoms with E-state index in [1.54, 1.807) is 48.5 Å². The third-order valence-electron chi connectivity index (χ3n) is 6.11. The first-order valence-electron chi connectivity index (χ1n) is 11.8. The molecule has 0 radical (unpaired) electrons. The van der Waals surface area contributed by atoms with E-state index in [0.29, 0.717) is 53.5 Å². The van der Waals surface area contributed by atoms with Crippen LogP contribution in [0.15, 0.2) is 71.3 Å². The maximum absolute atomic E-state index is 13.2. The molecular weight excluding hydrogens is 458 g/mol. The molecule has 8 heteroatoms. The van der Waals surface area contributed by atoms with Gasteiger partial charge in [-0.3, -0.25) is 9.59 Å². The standard InChI is InChI=1S/C28H29N3O5/c1-4-34-18-11-9-17(10-12-18)31-24(33)16-35-22-8-6-5-7-19(22)25-20(15-29)27(30)36-23-14-28(2,3)13-21(32)26(23)25/h5-12,25H,4,13-14,16,30H2,1-3H3,(H,31,33). The van der Waals surface area contributed by atoms with Gasteiger partial charge >= 0.3 is 0 Å². The third-order valence-corrected chi connectivity index (χ3v) is 6.11. The molecule has 1 heterocycles. The number of Topliss-reactive ketones (excluding diaryl/α,β-unsaturated/α-hetero) is 1. The molecule has 3 N–H and O–H groups in total. The van der Waals surface area contributed by atoms with Gasteiger partial charge in [-0.15, -0.1) is 0 Å². The number of amides is 1. The maximum Gasteiger partial charge on any atom is 0.262 e. The zero-order chi connectivity index (χ0) is 25.9. The number of nitrogens with two attached hydrogens (primary N) is 1. The van der Waals surface area contributed by atoms with Crippen LogP contribution in [0.3, 0.4) is 0 Å². The van der Waals surface area contributed by atoms with Crippen molar-refractivity contribution < 1.29 is 23.8 Å². The van der Waals surface area contributed by atoms with Gasteiger partial charge in [-0.1, -0.05) is 32.0 Å². The number of hydrogen-bond donors (Lipinski definition) is 2. The summed E-state index contributed by atoms with van der Waals surface area (Å²) in [6.45, 7) is 6.18. The number of allylic oxidation sites excluding steroid dienone is 3. The van der Waals surface area contributed by atoms with Crippen LogP contribution in [0.2, 0.25) is 0 Å². The van der Waals surface area contributed by atoms with E-state index in [4.69, 9.17) is 19.9 Å². The molecule has 186 valence electrons. The number of carbonyl (C=O) groups is 2. The first-order chi connectivity index (χ1) is 17.2. The lowest BCUT2D eigenvalue weighted by molar-refractivity contribution is -0.119. The molecule has 0 fully saturated rings. The molecule has 0 saturated carbocycles. The van der Waals surface area contributed by atoms with Crippen LogP contribution in [0.4, 0.5) is 5.69 Å². The number of para-hydroxylation sites is 1. The Labute approximate surface area is 210 Å². The van der Waals surface area contributed by atoms with Crippen molar-refractivity contribution in [3.05, 3.63) is 76.9 Å². The Hall–Kier alpha value is -4.25. The van der Waals surface area contributed by atoms with Crippen LogP contribution in [0.5, 0.6) is 11.5 Å². The van der Waals surface area contributed by atoms with Crippen molar-refractivity contribution >= 4 is 17.4 Å². The van der Waals surface area contributed by atoms with E-state index in [9.17, 15) is 14.9 Å². The number of ketones is 1. The Balaban J connectivity index is 1.58. The summed E-state index contributed by atoms with van der Waals surface area (Å²) < 4.78 is 17.1. The fourth-order valence-corrected chi connectivity index (χ4v) is 4.59. The van der Waals surface area contributed by atoms with Crippen LogP contribution in [-0.2, 0) is 14.3 Å². The van der Waals surface area contributed by atoms with E-state index >= 15 is 0 Å². The third kappa shape index (κ3) is 5.20. The molecule has 2 aromatic rings. The first-order valence-corrected chi connectivity index (χ1v) is 11.8. The van der Waals surface area contributed by atoms with E-state index in [0.717, 1.165) is 0 Å². The van der Waals surface area contributed by atoms with Crippen LogP contribution in [0.1, 0.15) is 45.1 Å². The van der Waals surface area contributed by atoms with Crippen LogP contribution in [-0.4, -0.2) is 24.9 Å². The minimum atomic E-state index is -0.729. The van der Waals surface area contributed by atoms with Gasteiger partial charge in [0.15, 0.2) is 12.4 Å². The summed E-state index contributed by atoms with van der Waals surface area (Å²) >= 11 is 0. The Bertz CT molecular complexity index is 1290. The highest BCUT2D eigenvalue weighted by molar-refractivity contribution is 6.00. The van der Waals surface area contributed by atoms with Gasteiger partial charge in [0.1, 0.15) is 28.9 Å². The fourth-order valence-electron chi connectivity index (χ4n) is 4.59. The van der Waals surface area contributed by atoms with Crippen LogP contribution in [0.25, 0.3) is 0 Å². The van der Waals surface area contributed by atoms with E-state index in [1.807, 2.05) is 20.8 Å². The first kappa shape index (κ1) is 24.9. The van der Waals surface area contributed by atoms with Crippen LogP contribution >= 0.6 is 0 Å². The van der Waals surface area contributed by atoms with Crippen LogP contribution in [0, 0.1) is 16.7 Å². The number of carbonyl (C=O) groups excluding carboxylic acids is 2. The van der Waals surface area contributed by atoms with Gasteiger partial charge < -0.3 is 25.3 Å². The van der Waals surface area contributed by atoms with Crippen molar-refractivity contribution in [2.45, 2.75) is 39.5 Å². The normalized spacial score (nSPS) is 18.6. The number of nitrogens with one attached hydrogen (secondary N) is 1. The monoisotopic (exact) mass is 487 g/mol. The summed E-state index contributed by atoms with van der Waals surface area (Å²) in [6.07, 6.45) is 0.856. The van der Waals surface area contributed by atoms with Gasteiger partial charge in [0, 0.05) is 29.7 Å². The predicted octanol–water partition coefficient (Wildman–Crippen LogP) is 4.55. The molecule has 36 heavy (non-hydrogen) atoms. The Morgan fingerprint density at radius 1 is 1.17 bits per heavy atom. The molecule has 4 rings (SSSR count). The summed E-state index contributed by atoms with van der Waals surface area (Å²) in [7, 11) is 0. The predicted molar refractivity (Wildman–Crippen MR) is 134 cm³/mol. The maximum atomic E-state index is 13.2. The van der Waals surface area contributed by atoms with Gasteiger partial charge in [-0.05, 0) is 42.7 Å². The molecule has 0 bridgehead atoms. The molecule has 0 saturated heterocycles. The topological polar surface area (TPSA) is 124 Å². The molecule has 1 amide bonds. The Kier molecular flexibility index (Phi) is 7.02. The van der Waals surface area contributed by atoms with Crippen molar-refractivity contribution in [2.75, 3.05) is 18.5 Å². The van der Waals surface area contributed by atoms with E-state index < -0.39 is 5.92 Å². The van der Waals surface area contributed by atoms with E-state index in [2.05, 4.69) is 11.4 Å². The molecule has 1 unspecified atom stereocenters. The molecule has 2 aromatic carbocycles. The SMILES string of the molecule is CCOc1ccc(NC(=O)COc2ccccc2C2C(C#N)=C(N)OC3=C2C(=O)CC(C)(C)C3)cc1. The van der Waals surface area contributed by atoms with Crippen LogP contribution < -0.4 is 20.5 Å². The summed E-state index contributed by atoms with van der Waals surface area (Å²) in [4.78, 5) is 25.8. The number of benzene rings is 2. The molecule has 0 spiro atoms. The quantitative estimate of drug-likeness (QED) is 0.587. The zero-order valence-corrected chi connectivity index (χ0v) is 20.6. The molecular formula is C28H29N3O5.